The van der Waals surface area contributed by atoms with E-state index < -0.39 is 0 Å². The van der Waals surface area contributed by atoms with Crippen LogP contribution in [0.25, 0.3) is 0 Å². The number of amides is 2. The number of carbonyl (C=O) groups excluding carboxylic acids is 2. The lowest BCUT2D eigenvalue weighted by atomic mass is 10.1. The third-order valence-electron chi connectivity index (χ3n) is 4.50. The summed E-state index contributed by atoms with van der Waals surface area (Å²) in [6, 6.07) is 19.8. The quantitative estimate of drug-likeness (QED) is 0.727. The summed E-state index contributed by atoms with van der Waals surface area (Å²) in [5.74, 6) is 0.672. The van der Waals surface area contributed by atoms with Crippen LogP contribution >= 0.6 is 0 Å². The highest BCUT2D eigenvalue weighted by molar-refractivity contribution is 6.10. The smallest absolute Gasteiger partial charge is 0.261 e. The molecule has 0 radical (unpaired) electrons. The van der Waals surface area contributed by atoms with Crippen LogP contribution in [0, 0.1) is 6.92 Å². The van der Waals surface area contributed by atoms with Gasteiger partial charge in [-0.1, -0.05) is 29.8 Å². The lowest BCUT2D eigenvalue weighted by molar-refractivity contribution is 0.0991. The van der Waals surface area contributed by atoms with Crippen LogP contribution in [0.2, 0.25) is 0 Å². The van der Waals surface area contributed by atoms with E-state index in [1.54, 1.807) is 54.4 Å². The summed E-state index contributed by atoms with van der Waals surface area (Å²) in [5.41, 5.74) is 3.35. The SMILES string of the molecule is Cc1cccc(C(=O)Nc2ccc3c(c2)Oc2ccccc2C(=O)N3C)c1. The minimum absolute atomic E-state index is 0.138. The molecule has 0 fully saturated rings. The van der Waals surface area contributed by atoms with Crippen LogP contribution in [0.15, 0.2) is 66.7 Å². The van der Waals surface area contributed by atoms with Gasteiger partial charge in [-0.3, -0.25) is 9.59 Å². The summed E-state index contributed by atoms with van der Waals surface area (Å²) in [4.78, 5) is 26.7. The molecule has 1 aliphatic rings. The highest BCUT2D eigenvalue weighted by atomic mass is 16.5. The number of nitrogens with one attached hydrogen (secondary N) is 1. The maximum Gasteiger partial charge on any atom is 0.261 e. The number of anilines is 2. The van der Waals surface area contributed by atoms with E-state index in [0.717, 1.165) is 5.56 Å². The summed E-state index contributed by atoms with van der Waals surface area (Å²) in [6.45, 7) is 1.94. The van der Waals surface area contributed by atoms with Gasteiger partial charge in [0.15, 0.2) is 5.75 Å². The molecule has 0 atom stereocenters. The van der Waals surface area contributed by atoms with E-state index in [1.807, 2.05) is 31.2 Å². The number of hydrogen-bond acceptors (Lipinski definition) is 3. The molecular formula is C22H18N2O3. The van der Waals surface area contributed by atoms with Gasteiger partial charge in [-0.05, 0) is 43.3 Å². The fraction of sp³-hybridized carbons (Fsp3) is 0.0909. The fourth-order valence-corrected chi connectivity index (χ4v) is 3.08. The zero-order valence-electron chi connectivity index (χ0n) is 15.0. The third-order valence-corrected chi connectivity index (χ3v) is 4.50. The Bertz CT molecular complexity index is 1060. The summed E-state index contributed by atoms with van der Waals surface area (Å²) < 4.78 is 5.98. The van der Waals surface area contributed by atoms with Crippen LogP contribution in [0.3, 0.4) is 0 Å². The number of rotatable bonds is 2. The summed E-state index contributed by atoms with van der Waals surface area (Å²) in [7, 11) is 1.71. The van der Waals surface area contributed by atoms with Gasteiger partial charge in [-0.15, -0.1) is 0 Å². The number of carbonyl (C=O) groups is 2. The van der Waals surface area contributed by atoms with Crippen molar-refractivity contribution in [3.05, 3.63) is 83.4 Å². The Hall–Kier alpha value is -3.60. The minimum atomic E-state index is -0.197. The number of aryl methyl sites for hydroxylation is 1. The van der Waals surface area contributed by atoms with Crippen molar-refractivity contribution in [2.75, 3.05) is 17.3 Å². The molecule has 4 rings (SSSR count). The maximum atomic E-state index is 12.7. The molecule has 0 aliphatic carbocycles. The van der Waals surface area contributed by atoms with Crippen LogP contribution in [0.5, 0.6) is 11.5 Å². The van der Waals surface area contributed by atoms with Crippen molar-refractivity contribution in [1.82, 2.24) is 0 Å². The highest BCUT2D eigenvalue weighted by Gasteiger charge is 2.25. The van der Waals surface area contributed by atoms with Gasteiger partial charge < -0.3 is 15.0 Å². The van der Waals surface area contributed by atoms with Crippen LogP contribution in [0.4, 0.5) is 11.4 Å². The average Bonchev–Trinajstić information content (AvgIpc) is 2.77. The van der Waals surface area contributed by atoms with E-state index in [0.29, 0.717) is 34.0 Å². The number of benzene rings is 3. The topological polar surface area (TPSA) is 58.6 Å². The summed E-state index contributed by atoms with van der Waals surface area (Å²) in [6.07, 6.45) is 0. The first-order valence-electron chi connectivity index (χ1n) is 8.60. The van der Waals surface area contributed by atoms with Crippen molar-refractivity contribution in [1.29, 1.82) is 0 Å². The van der Waals surface area contributed by atoms with Crippen LogP contribution in [-0.4, -0.2) is 18.9 Å². The first kappa shape index (κ1) is 16.8. The van der Waals surface area contributed by atoms with Crippen LogP contribution in [-0.2, 0) is 0 Å². The van der Waals surface area contributed by atoms with E-state index >= 15 is 0 Å². The van der Waals surface area contributed by atoms with Gasteiger partial charge in [0.25, 0.3) is 11.8 Å². The molecular weight excluding hydrogens is 340 g/mol. The molecule has 1 aliphatic heterocycles. The normalized spacial score (nSPS) is 12.5. The molecule has 0 unspecified atom stereocenters. The number of hydrogen-bond donors (Lipinski definition) is 1. The standard InChI is InChI=1S/C22H18N2O3/c1-14-6-5-7-15(12-14)21(25)23-16-10-11-18-20(13-16)27-19-9-4-3-8-17(19)22(26)24(18)2/h3-13H,1-2H3,(H,23,25). The molecule has 134 valence electrons. The van der Waals surface area contributed by atoms with Gasteiger partial charge in [-0.2, -0.15) is 0 Å². The molecule has 3 aromatic carbocycles. The van der Waals surface area contributed by atoms with Crippen LogP contribution in [0.1, 0.15) is 26.3 Å². The lowest BCUT2D eigenvalue weighted by Crippen LogP contribution is -2.25. The molecule has 3 aromatic rings. The third kappa shape index (κ3) is 3.15. The molecule has 5 nitrogen and oxygen atoms in total. The zero-order valence-corrected chi connectivity index (χ0v) is 15.0. The number of fused-ring (bicyclic) bond motifs is 2. The maximum absolute atomic E-state index is 12.7. The Morgan fingerprint density at radius 3 is 2.59 bits per heavy atom. The lowest BCUT2D eigenvalue weighted by Gasteiger charge is -2.17. The average molecular weight is 358 g/mol. The zero-order chi connectivity index (χ0) is 19.0. The van der Waals surface area contributed by atoms with E-state index in [1.165, 1.54) is 0 Å². The van der Waals surface area contributed by atoms with Gasteiger partial charge in [0.2, 0.25) is 0 Å². The van der Waals surface area contributed by atoms with Gasteiger partial charge in [0.05, 0.1) is 11.3 Å². The first-order chi connectivity index (χ1) is 13.0. The van der Waals surface area contributed by atoms with Crippen LogP contribution < -0.4 is 15.0 Å². The monoisotopic (exact) mass is 358 g/mol. The van der Waals surface area contributed by atoms with E-state index in [4.69, 9.17) is 4.74 Å². The molecule has 1 N–H and O–H groups in total. The minimum Gasteiger partial charge on any atom is -0.454 e. The van der Waals surface area contributed by atoms with Crippen molar-refractivity contribution in [3.63, 3.8) is 0 Å². The van der Waals surface area contributed by atoms with Gasteiger partial charge in [0, 0.05) is 24.4 Å². The Kier molecular flexibility index (Phi) is 4.12. The van der Waals surface area contributed by atoms with Crippen molar-refractivity contribution in [2.45, 2.75) is 6.92 Å². The second kappa shape index (κ2) is 6.61. The summed E-state index contributed by atoms with van der Waals surface area (Å²) in [5, 5.41) is 2.88. The second-order valence-corrected chi connectivity index (χ2v) is 6.47. The van der Waals surface area contributed by atoms with Crippen molar-refractivity contribution in [2.24, 2.45) is 0 Å². The van der Waals surface area contributed by atoms with Gasteiger partial charge >= 0.3 is 0 Å². The van der Waals surface area contributed by atoms with E-state index in [-0.39, 0.29) is 11.8 Å². The molecule has 1 heterocycles. The predicted octanol–water partition coefficient (Wildman–Crippen LogP) is 4.63. The first-order valence-corrected chi connectivity index (χ1v) is 8.60. The number of nitrogens with zero attached hydrogens (tertiary/aromatic N) is 1. The Morgan fingerprint density at radius 1 is 0.963 bits per heavy atom. The molecule has 5 heteroatoms. The fourth-order valence-electron chi connectivity index (χ4n) is 3.08. The largest absolute Gasteiger partial charge is 0.454 e. The van der Waals surface area contributed by atoms with Gasteiger partial charge in [-0.25, -0.2) is 0 Å². The Morgan fingerprint density at radius 2 is 1.78 bits per heavy atom. The molecule has 0 saturated carbocycles. The van der Waals surface area contributed by atoms with E-state index in [9.17, 15) is 9.59 Å². The molecule has 27 heavy (non-hydrogen) atoms. The molecule has 2 amide bonds. The van der Waals surface area contributed by atoms with Crippen molar-refractivity contribution < 1.29 is 14.3 Å². The van der Waals surface area contributed by atoms with E-state index in [2.05, 4.69) is 5.32 Å². The highest BCUT2D eigenvalue weighted by Crippen LogP contribution is 2.39. The molecule has 0 spiro atoms. The Balaban J connectivity index is 1.67. The summed E-state index contributed by atoms with van der Waals surface area (Å²) >= 11 is 0. The number of ether oxygens (including phenoxy) is 1. The van der Waals surface area contributed by atoms with Crippen molar-refractivity contribution in [3.8, 4) is 11.5 Å². The second-order valence-electron chi connectivity index (χ2n) is 6.47. The predicted molar refractivity (Wildman–Crippen MR) is 105 cm³/mol. The van der Waals surface area contributed by atoms with Gasteiger partial charge in [0.1, 0.15) is 5.75 Å². The molecule has 0 bridgehead atoms. The Labute approximate surface area is 157 Å². The molecule has 0 saturated heterocycles. The number of para-hydroxylation sites is 1. The molecule has 0 aromatic heterocycles. The van der Waals surface area contributed by atoms with Crippen molar-refractivity contribution >= 4 is 23.2 Å².